The van der Waals surface area contributed by atoms with Crippen LogP contribution in [0.2, 0.25) is 0 Å². The average molecular weight is 558 g/mol. The number of nitrogens with zero attached hydrogens (tertiary/aromatic N) is 7. The lowest BCUT2D eigenvalue weighted by molar-refractivity contribution is 0.0544. The number of carbonyl (C=O) groups excluding carboxylic acids is 1. The first kappa shape index (κ1) is 25.7. The predicted molar refractivity (Wildman–Crippen MR) is 142 cm³/mol. The van der Waals surface area contributed by atoms with Gasteiger partial charge in [0.2, 0.25) is 0 Å². The lowest BCUT2D eigenvalue weighted by Crippen LogP contribution is -2.42. The van der Waals surface area contributed by atoms with Crippen LogP contribution in [0.1, 0.15) is 12.1 Å². The van der Waals surface area contributed by atoms with E-state index >= 15 is 4.39 Å². The van der Waals surface area contributed by atoms with Gasteiger partial charge in [-0.2, -0.15) is 10.6 Å². The Bertz CT molecular complexity index is 1360. The van der Waals surface area contributed by atoms with Gasteiger partial charge in [0.1, 0.15) is 23.7 Å². The fraction of sp³-hybridized carbons (Fsp3) is 0.400. The summed E-state index contributed by atoms with van der Waals surface area (Å²) in [5.74, 6) is 0.302. The second-order valence-electron chi connectivity index (χ2n) is 9.82. The Hall–Kier alpha value is -3.59. The highest BCUT2D eigenvalue weighted by Crippen LogP contribution is 2.40. The number of hydrogen-bond acceptors (Lipinski definition) is 10. The average Bonchev–Trinajstić information content (AvgIpc) is 3.68. The van der Waals surface area contributed by atoms with Crippen LogP contribution in [0.4, 0.5) is 14.9 Å². The summed E-state index contributed by atoms with van der Waals surface area (Å²) >= 11 is 0. The molecule has 39 heavy (non-hydrogen) atoms. The van der Waals surface area contributed by atoms with Crippen LogP contribution in [-0.2, 0) is 16.1 Å². The molecule has 14 heteroatoms. The number of rotatable bonds is 7. The second kappa shape index (κ2) is 10.5. The molecule has 2 aromatic heterocycles. The fourth-order valence-corrected chi connectivity index (χ4v) is 6.21. The van der Waals surface area contributed by atoms with Crippen molar-refractivity contribution in [2.45, 2.75) is 25.2 Å². The molecule has 2 fully saturated rings. The fourth-order valence-electron chi connectivity index (χ4n) is 4.91. The van der Waals surface area contributed by atoms with Crippen molar-refractivity contribution in [1.29, 1.82) is 0 Å². The van der Waals surface area contributed by atoms with E-state index in [9.17, 15) is 13.9 Å². The minimum atomic E-state index is -2.43. The van der Waals surface area contributed by atoms with Gasteiger partial charge in [-0.05, 0) is 24.3 Å². The molecule has 0 unspecified atom stereocenters. The Labute approximate surface area is 225 Å². The summed E-state index contributed by atoms with van der Waals surface area (Å²) in [6.45, 7) is 2.55. The monoisotopic (exact) mass is 557 g/mol. The van der Waals surface area contributed by atoms with Crippen LogP contribution in [0.3, 0.4) is 0 Å². The van der Waals surface area contributed by atoms with Crippen molar-refractivity contribution in [1.82, 2.24) is 24.9 Å². The van der Waals surface area contributed by atoms with Crippen LogP contribution in [0.15, 0.2) is 54.1 Å². The third-order valence-electron chi connectivity index (χ3n) is 7.03. The zero-order chi connectivity index (χ0) is 27.0. The van der Waals surface area contributed by atoms with Gasteiger partial charge in [-0.25, -0.2) is 13.9 Å². The summed E-state index contributed by atoms with van der Waals surface area (Å²) in [6, 6.07) is 8.20. The SMILES string of the molecule is O=C1O[C@@H](Cn2ccnn2)CN1c1ccc(-c2ccc(C3=NO[C@H](CN4CCS(O)(O)CC4)C3)nc2)c(F)c1. The normalized spacial score (nSPS) is 23.8. The molecule has 2 atom stereocenters. The summed E-state index contributed by atoms with van der Waals surface area (Å²) in [5, 5.41) is 11.8. The largest absolute Gasteiger partial charge is 0.442 e. The van der Waals surface area contributed by atoms with E-state index in [2.05, 4.69) is 25.4 Å². The van der Waals surface area contributed by atoms with E-state index in [0.717, 1.165) is 5.71 Å². The highest BCUT2D eigenvalue weighted by atomic mass is 32.3. The quantitative estimate of drug-likeness (QED) is 0.449. The molecule has 2 N–H and O–H groups in total. The molecule has 3 aliphatic heterocycles. The molecule has 1 amide bonds. The van der Waals surface area contributed by atoms with Gasteiger partial charge in [-0.3, -0.25) is 23.9 Å². The van der Waals surface area contributed by atoms with Gasteiger partial charge in [-0.15, -0.1) is 5.10 Å². The second-order valence-corrected chi connectivity index (χ2v) is 12.2. The van der Waals surface area contributed by atoms with Crippen LogP contribution in [0.5, 0.6) is 0 Å². The van der Waals surface area contributed by atoms with Gasteiger partial charge < -0.3 is 9.57 Å². The van der Waals surface area contributed by atoms with Crippen molar-refractivity contribution in [2.24, 2.45) is 5.16 Å². The van der Waals surface area contributed by atoms with Gasteiger partial charge in [0.05, 0.1) is 42.2 Å². The maximum absolute atomic E-state index is 15.1. The number of halogens is 1. The molecule has 1 aromatic carbocycles. The highest BCUT2D eigenvalue weighted by molar-refractivity contribution is 8.24. The van der Waals surface area contributed by atoms with Crippen LogP contribution >= 0.6 is 10.6 Å². The van der Waals surface area contributed by atoms with Gasteiger partial charge in [0, 0.05) is 49.6 Å². The standard InChI is InChI=1S/C25H28FN7O5S/c26-22-11-18(33-16-20(37-25(33)34)15-32-6-5-28-30-32)2-3-21(22)17-1-4-23(27-13-17)24-12-19(38-29-24)14-31-7-9-39(35,36)10-8-31/h1-6,11,13,19-20,35-36H,7-10,12,14-16H2/t19-,20-/m0/s1. The van der Waals surface area contributed by atoms with Crippen LogP contribution < -0.4 is 4.90 Å². The number of anilines is 1. The van der Waals surface area contributed by atoms with Crippen LogP contribution in [-0.4, -0.2) is 95.7 Å². The first-order valence-corrected chi connectivity index (χ1v) is 14.5. The Balaban J connectivity index is 1.07. The molecule has 0 saturated carbocycles. The van der Waals surface area contributed by atoms with E-state index in [-0.39, 0.29) is 12.6 Å². The van der Waals surface area contributed by atoms with E-state index in [1.807, 2.05) is 0 Å². The van der Waals surface area contributed by atoms with Gasteiger partial charge in [0.25, 0.3) is 0 Å². The molecular weight excluding hydrogens is 529 g/mol. The molecule has 0 aliphatic carbocycles. The molecule has 6 rings (SSSR count). The van der Waals surface area contributed by atoms with Crippen molar-refractivity contribution in [3.8, 4) is 11.1 Å². The number of amides is 1. The van der Waals surface area contributed by atoms with Gasteiger partial charge >= 0.3 is 6.09 Å². The first-order chi connectivity index (χ1) is 18.8. The van der Waals surface area contributed by atoms with E-state index < -0.39 is 28.6 Å². The summed E-state index contributed by atoms with van der Waals surface area (Å²) < 4.78 is 41.7. The van der Waals surface area contributed by atoms with Crippen molar-refractivity contribution in [3.63, 3.8) is 0 Å². The molecule has 206 valence electrons. The molecular formula is C25H28FN7O5S. The third kappa shape index (κ3) is 5.73. The molecule has 0 radical (unpaired) electrons. The predicted octanol–water partition coefficient (Wildman–Crippen LogP) is 3.06. The van der Waals surface area contributed by atoms with E-state index in [1.165, 1.54) is 11.0 Å². The smallest absolute Gasteiger partial charge is 0.414 e. The molecule has 3 aliphatic rings. The number of pyridine rings is 1. The number of benzene rings is 1. The van der Waals surface area contributed by atoms with Crippen LogP contribution in [0.25, 0.3) is 11.1 Å². The highest BCUT2D eigenvalue weighted by Gasteiger charge is 2.33. The Morgan fingerprint density at radius 1 is 1.10 bits per heavy atom. The molecule has 0 spiro atoms. The number of aromatic nitrogens is 4. The number of ether oxygens (including phenoxy) is 1. The van der Waals surface area contributed by atoms with Crippen molar-refractivity contribution in [2.75, 3.05) is 42.6 Å². The third-order valence-corrected chi connectivity index (χ3v) is 8.71. The molecule has 12 nitrogen and oxygen atoms in total. The Kier molecular flexibility index (Phi) is 6.93. The van der Waals surface area contributed by atoms with Crippen LogP contribution in [0, 0.1) is 5.82 Å². The van der Waals surface area contributed by atoms with E-state index in [4.69, 9.17) is 9.57 Å². The zero-order valence-electron chi connectivity index (χ0n) is 21.0. The van der Waals surface area contributed by atoms with E-state index in [1.54, 1.807) is 47.5 Å². The minimum Gasteiger partial charge on any atom is -0.442 e. The first-order valence-electron chi connectivity index (χ1n) is 12.6. The maximum Gasteiger partial charge on any atom is 0.414 e. The maximum atomic E-state index is 15.1. The van der Waals surface area contributed by atoms with Gasteiger partial charge in [0.15, 0.2) is 0 Å². The molecule has 2 saturated heterocycles. The lowest BCUT2D eigenvalue weighted by Gasteiger charge is -2.41. The number of carbonyl (C=O) groups is 1. The molecule has 0 bridgehead atoms. The van der Waals surface area contributed by atoms with Crippen molar-refractivity contribution >= 4 is 28.1 Å². The zero-order valence-corrected chi connectivity index (χ0v) is 21.8. The van der Waals surface area contributed by atoms with Crippen molar-refractivity contribution < 1.29 is 27.9 Å². The number of oxime groups is 1. The summed E-state index contributed by atoms with van der Waals surface area (Å²) in [4.78, 5) is 26.0. The number of hydrogen-bond donors (Lipinski definition) is 2. The molecule has 5 heterocycles. The van der Waals surface area contributed by atoms with Gasteiger partial charge in [-0.1, -0.05) is 16.4 Å². The van der Waals surface area contributed by atoms with Crippen molar-refractivity contribution in [3.05, 3.63) is 60.4 Å². The Morgan fingerprint density at radius 3 is 2.67 bits per heavy atom. The topological polar surface area (TPSA) is 138 Å². The summed E-state index contributed by atoms with van der Waals surface area (Å²) in [6.07, 6.45) is 4.34. The molecule has 3 aromatic rings. The lowest BCUT2D eigenvalue weighted by atomic mass is 10.0. The minimum absolute atomic E-state index is 0.126. The summed E-state index contributed by atoms with van der Waals surface area (Å²) in [7, 11) is -2.43. The Morgan fingerprint density at radius 2 is 1.95 bits per heavy atom. The number of cyclic esters (lactones) is 1. The van der Waals surface area contributed by atoms with E-state index in [0.29, 0.717) is 66.6 Å². The summed E-state index contributed by atoms with van der Waals surface area (Å²) in [5.41, 5.74) is 2.75.